The average molecular weight is 265 g/mol. The third kappa shape index (κ3) is 2.51. The zero-order valence-corrected chi connectivity index (χ0v) is 11.3. The number of rotatable bonds is 3. The molecule has 5 nitrogen and oxygen atoms in total. The Morgan fingerprint density at radius 2 is 1.89 bits per heavy atom. The van der Waals surface area contributed by atoms with Crippen LogP contribution in [0.25, 0.3) is 5.57 Å². The molecular weight excluding hydrogens is 250 g/mol. The minimum Gasteiger partial charge on any atom is -0.400 e. The standard InChI is InChI=1S/C12H15N3O2S/c1-12(2,18(3,16)17)11(14)10(8-13)9-4-6-15-7-5-9/h4-7H,14H2,1-3H3/b11-10+. The molecule has 1 rings (SSSR count). The average Bonchev–Trinajstić information content (AvgIpc) is 2.29. The number of nitrogens with zero attached hydrogens (tertiary/aromatic N) is 2. The maximum absolute atomic E-state index is 11.7. The third-order valence-corrected chi connectivity index (χ3v) is 5.00. The van der Waals surface area contributed by atoms with Crippen LogP contribution in [0.3, 0.4) is 0 Å². The van der Waals surface area contributed by atoms with Crippen LogP contribution in [0.2, 0.25) is 0 Å². The van der Waals surface area contributed by atoms with Crippen molar-refractivity contribution in [2.45, 2.75) is 18.6 Å². The van der Waals surface area contributed by atoms with Gasteiger partial charge in [0.25, 0.3) is 0 Å². The number of hydrogen-bond donors (Lipinski definition) is 1. The van der Waals surface area contributed by atoms with Gasteiger partial charge in [-0.3, -0.25) is 4.98 Å². The predicted molar refractivity (Wildman–Crippen MR) is 69.9 cm³/mol. The van der Waals surface area contributed by atoms with Gasteiger partial charge in [0, 0.05) is 24.3 Å². The van der Waals surface area contributed by atoms with E-state index in [4.69, 9.17) is 5.73 Å². The zero-order chi connectivity index (χ0) is 14.0. The smallest absolute Gasteiger partial charge is 0.158 e. The van der Waals surface area contributed by atoms with Gasteiger partial charge in [0.2, 0.25) is 0 Å². The lowest BCUT2D eigenvalue weighted by Gasteiger charge is -2.24. The van der Waals surface area contributed by atoms with Gasteiger partial charge >= 0.3 is 0 Å². The van der Waals surface area contributed by atoms with Crippen molar-refractivity contribution in [3.8, 4) is 6.07 Å². The second kappa shape index (κ2) is 4.78. The first-order valence-electron chi connectivity index (χ1n) is 5.22. The van der Waals surface area contributed by atoms with Gasteiger partial charge < -0.3 is 5.73 Å². The molecule has 0 aliphatic carbocycles. The number of hydrogen-bond acceptors (Lipinski definition) is 5. The minimum absolute atomic E-state index is 0.0405. The Balaban J connectivity index is 3.49. The highest BCUT2D eigenvalue weighted by Crippen LogP contribution is 2.28. The summed E-state index contributed by atoms with van der Waals surface area (Å²) < 4.78 is 22.1. The number of pyridine rings is 1. The summed E-state index contributed by atoms with van der Waals surface area (Å²) in [6.07, 6.45) is 4.14. The molecule has 1 aromatic rings. The van der Waals surface area contributed by atoms with Gasteiger partial charge in [-0.2, -0.15) is 5.26 Å². The SMILES string of the molecule is CC(C)(/C(N)=C(/C#N)c1ccncc1)S(C)(=O)=O. The first kappa shape index (κ1) is 14.2. The Morgan fingerprint density at radius 1 is 1.39 bits per heavy atom. The lowest BCUT2D eigenvalue weighted by Crippen LogP contribution is -2.37. The van der Waals surface area contributed by atoms with E-state index in [1.807, 2.05) is 6.07 Å². The van der Waals surface area contributed by atoms with Crippen molar-refractivity contribution < 1.29 is 8.42 Å². The van der Waals surface area contributed by atoms with Gasteiger partial charge in [0.05, 0.1) is 5.57 Å². The van der Waals surface area contributed by atoms with Crippen LogP contribution in [-0.4, -0.2) is 24.4 Å². The Morgan fingerprint density at radius 3 is 2.28 bits per heavy atom. The molecule has 0 atom stereocenters. The van der Waals surface area contributed by atoms with E-state index in [2.05, 4.69) is 4.98 Å². The van der Waals surface area contributed by atoms with E-state index in [9.17, 15) is 13.7 Å². The monoisotopic (exact) mass is 265 g/mol. The summed E-state index contributed by atoms with van der Waals surface area (Å²) in [6.45, 7) is 2.96. The maximum Gasteiger partial charge on any atom is 0.158 e. The number of aromatic nitrogens is 1. The lowest BCUT2D eigenvalue weighted by molar-refractivity contribution is 0.572. The van der Waals surface area contributed by atoms with E-state index >= 15 is 0 Å². The molecule has 96 valence electrons. The minimum atomic E-state index is -3.41. The number of sulfone groups is 1. The summed E-state index contributed by atoms with van der Waals surface area (Å²) in [7, 11) is -3.41. The van der Waals surface area contributed by atoms with Crippen LogP contribution in [0, 0.1) is 11.3 Å². The molecule has 0 aliphatic rings. The highest BCUT2D eigenvalue weighted by Gasteiger charge is 2.35. The molecule has 0 saturated heterocycles. The van der Waals surface area contributed by atoms with Gasteiger partial charge in [-0.1, -0.05) is 0 Å². The van der Waals surface area contributed by atoms with Crippen molar-refractivity contribution in [2.75, 3.05) is 6.26 Å². The first-order chi connectivity index (χ1) is 8.21. The summed E-state index contributed by atoms with van der Waals surface area (Å²) >= 11 is 0. The molecule has 0 aliphatic heterocycles. The van der Waals surface area contributed by atoms with Gasteiger partial charge in [0.15, 0.2) is 9.84 Å². The molecular formula is C12H15N3O2S. The normalized spacial score (nSPS) is 13.7. The van der Waals surface area contributed by atoms with Crippen LogP contribution in [-0.2, 0) is 9.84 Å². The van der Waals surface area contributed by atoms with Crippen LogP contribution in [0.4, 0.5) is 0 Å². The summed E-state index contributed by atoms with van der Waals surface area (Å²) in [5.41, 5.74) is 6.64. The molecule has 0 unspecified atom stereocenters. The molecule has 0 fully saturated rings. The lowest BCUT2D eigenvalue weighted by atomic mass is 9.99. The Kier molecular flexibility index (Phi) is 3.77. The van der Waals surface area contributed by atoms with Gasteiger partial charge in [0.1, 0.15) is 10.8 Å². The van der Waals surface area contributed by atoms with Crippen molar-refractivity contribution in [3.05, 3.63) is 35.8 Å². The molecule has 0 spiro atoms. The summed E-state index contributed by atoms with van der Waals surface area (Å²) in [4.78, 5) is 3.84. The molecule has 0 saturated carbocycles. The number of nitrogens with two attached hydrogens (primary N) is 1. The van der Waals surface area contributed by atoms with Crippen LogP contribution in [0.5, 0.6) is 0 Å². The van der Waals surface area contributed by atoms with Crippen LogP contribution in [0.15, 0.2) is 30.2 Å². The fraction of sp³-hybridized carbons (Fsp3) is 0.333. The van der Waals surface area contributed by atoms with E-state index < -0.39 is 14.6 Å². The highest BCUT2D eigenvalue weighted by molar-refractivity contribution is 7.92. The van der Waals surface area contributed by atoms with Crippen molar-refractivity contribution in [3.63, 3.8) is 0 Å². The van der Waals surface area contributed by atoms with Gasteiger partial charge in [-0.15, -0.1) is 0 Å². The van der Waals surface area contributed by atoms with Crippen molar-refractivity contribution in [1.29, 1.82) is 5.26 Å². The second-order valence-electron chi connectivity index (χ2n) is 4.42. The summed E-state index contributed by atoms with van der Waals surface area (Å²) in [6, 6.07) is 5.19. The molecule has 0 aromatic carbocycles. The molecule has 0 amide bonds. The molecule has 1 heterocycles. The molecule has 2 N–H and O–H groups in total. The maximum atomic E-state index is 11.7. The van der Waals surface area contributed by atoms with E-state index in [-0.39, 0.29) is 11.3 Å². The van der Waals surface area contributed by atoms with Crippen molar-refractivity contribution in [1.82, 2.24) is 4.98 Å². The van der Waals surface area contributed by atoms with Crippen LogP contribution in [0.1, 0.15) is 19.4 Å². The first-order valence-corrected chi connectivity index (χ1v) is 7.11. The van der Waals surface area contributed by atoms with E-state index in [1.165, 1.54) is 26.2 Å². The van der Waals surface area contributed by atoms with Crippen LogP contribution < -0.4 is 5.73 Å². The van der Waals surface area contributed by atoms with E-state index in [1.54, 1.807) is 12.1 Å². The molecule has 0 radical (unpaired) electrons. The van der Waals surface area contributed by atoms with Crippen molar-refractivity contribution >= 4 is 15.4 Å². The number of nitriles is 1. The van der Waals surface area contributed by atoms with Crippen molar-refractivity contribution in [2.24, 2.45) is 5.73 Å². The fourth-order valence-corrected chi connectivity index (χ4v) is 1.80. The molecule has 1 aromatic heterocycles. The Hall–Kier alpha value is -1.87. The quantitative estimate of drug-likeness (QED) is 0.825. The van der Waals surface area contributed by atoms with Gasteiger partial charge in [-0.25, -0.2) is 8.42 Å². The fourth-order valence-electron chi connectivity index (χ4n) is 1.30. The van der Waals surface area contributed by atoms with Gasteiger partial charge in [-0.05, 0) is 31.5 Å². The highest BCUT2D eigenvalue weighted by atomic mass is 32.2. The Labute approximate surface area is 107 Å². The second-order valence-corrected chi connectivity index (χ2v) is 6.98. The number of allylic oxidation sites excluding steroid dienone is 1. The molecule has 0 bridgehead atoms. The third-order valence-electron chi connectivity index (χ3n) is 2.93. The van der Waals surface area contributed by atoms with E-state index in [0.29, 0.717) is 5.56 Å². The topological polar surface area (TPSA) is 96.8 Å². The molecule has 18 heavy (non-hydrogen) atoms. The molecule has 6 heteroatoms. The van der Waals surface area contributed by atoms with Crippen LogP contribution >= 0.6 is 0 Å². The Bertz CT molecular complexity index is 610. The largest absolute Gasteiger partial charge is 0.400 e. The predicted octanol–water partition coefficient (Wildman–Crippen LogP) is 1.10. The summed E-state index contributed by atoms with van der Waals surface area (Å²) in [5, 5.41) is 9.18. The summed E-state index contributed by atoms with van der Waals surface area (Å²) in [5.74, 6) is 0. The zero-order valence-electron chi connectivity index (χ0n) is 10.5. The van der Waals surface area contributed by atoms with E-state index in [0.717, 1.165) is 6.26 Å².